The summed E-state index contributed by atoms with van der Waals surface area (Å²) in [6.07, 6.45) is 0. The number of hydrogen-bond acceptors (Lipinski definition) is 6. The van der Waals surface area contributed by atoms with E-state index >= 15 is 0 Å². The Balaban J connectivity index is 1.57. The zero-order chi connectivity index (χ0) is 30.2. The van der Waals surface area contributed by atoms with Crippen molar-refractivity contribution in [3.63, 3.8) is 0 Å². The Morgan fingerprint density at radius 3 is 2.60 bits per heavy atom. The molecule has 1 atom stereocenters. The van der Waals surface area contributed by atoms with Gasteiger partial charge < -0.3 is 30.5 Å². The molecule has 42 heavy (non-hydrogen) atoms. The van der Waals surface area contributed by atoms with Crippen LogP contribution in [0.3, 0.4) is 0 Å². The summed E-state index contributed by atoms with van der Waals surface area (Å²) < 4.78 is 5.52. The van der Waals surface area contributed by atoms with E-state index in [0.29, 0.717) is 42.5 Å². The van der Waals surface area contributed by atoms with Crippen LogP contribution in [0.5, 0.6) is 0 Å². The lowest BCUT2D eigenvalue weighted by Crippen LogP contribution is -2.47. The van der Waals surface area contributed by atoms with E-state index in [1.807, 2.05) is 49.4 Å². The molecule has 3 N–H and O–H groups in total. The van der Waals surface area contributed by atoms with Gasteiger partial charge in [-0.2, -0.15) is 0 Å². The number of anilines is 1. The maximum absolute atomic E-state index is 13.5. The van der Waals surface area contributed by atoms with Crippen LogP contribution in [0.2, 0.25) is 5.02 Å². The topological polar surface area (TPSA) is 108 Å². The van der Waals surface area contributed by atoms with Gasteiger partial charge in [-0.3, -0.25) is 14.4 Å². The molecule has 0 saturated carbocycles. The summed E-state index contributed by atoms with van der Waals surface area (Å²) in [5.74, 6) is -0.594. The summed E-state index contributed by atoms with van der Waals surface area (Å²) >= 11 is 6.27. The Morgan fingerprint density at radius 1 is 1.05 bits per heavy atom. The van der Waals surface area contributed by atoms with Crippen molar-refractivity contribution < 1.29 is 19.1 Å². The molecule has 0 spiro atoms. The molecule has 0 radical (unpaired) electrons. The molecule has 1 aliphatic heterocycles. The molecule has 1 saturated heterocycles. The van der Waals surface area contributed by atoms with Gasteiger partial charge in [-0.25, -0.2) is 0 Å². The number of halogens is 1. The summed E-state index contributed by atoms with van der Waals surface area (Å²) in [5.41, 5.74) is 11.0. The molecule has 3 aromatic rings. The lowest BCUT2D eigenvalue weighted by Gasteiger charge is -2.30. The van der Waals surface area contributed by atoms with Crippen molar-refractivity contribution >= 4 is 35.0 Å². The van der Waals surface area contributed by atoms with E-state index in [-0.39, 0.29) is 43.4 Å². The van der Waals surface area contributed by atoms with Crippen molar-refractivity contribution in [2.45, 2.75) is 19.5 Å². The standard InChI is InChI=1S/C32H38ClN5O4/c1-22-7-6-8-24(13-22)28-9-4-5-10-29(28)38(20-31(40)37-11-12-42-21-27(34)18-37)19-30(39)35-17-23-14-25(16-26(33)15-23)32(41)36(2)3/h4-10,13-16,27H,11-12,17-21,34H2,1-3H3,(H,35,39). The van der Waals surface area contributed by atoms with Crippen molar-refractivity contribution in [3.05, 3.63) is 88.4 Å². The predicted molar refractivity (Wildman–Crippen MR) is 166 cm³/mol. The fraction of sp³-hybridized carbons (Fsp3) is 0.344. The van der Waals surface area contributed by atoms with Gasteiger partial charge in [-0.05, 0) is 42.3 Å². The molecule has 1 aliphatic rings. The third-order valence-electron chi connectivity index (χ3n) is 6.98. The summed E-state index contributed by atoms with van der Waals surface area (Å²) in [6.45, 7) is 3.77. The number of benzene rings is 3. The molecule has 1 fully saturated rings. The third-order valence-corrected chi connectivity index (χ3v) is 7.20. The molecule has 1 heterocycles. The van der Waals surface area contributed by atoms with Crippen LogP contribution in [0.25, 0.3) is 11.1 Å². The van der Waals surface area contributed by atoms with Crippen LogP contribution in [-0.2, 0) is 20.9 Å². The van der Waals surface area contributed by atoms with Crippen LogP contribution in [0.1, 0.15) is 21.5 Å². The molecule has 0 bridgehead atoms. The van der Waals surface area contributed by atoms with Crippen molar-refractivity contribution in [1.82, 2.24) is 15.1 Å². The van der Waals surface area contributed by atoms with Crippen LogP contribution >= 0.6 is 11.6 Å². The van der Waals surface area contributed by atoms with Crippen LogP contribution < -0.4 is 16.0 Å². The summed E-state index contributed by atoms with van der Waals surface area (Å²) in [4.78, 5) is 44.3. The Hall–Kier alpha value is -3.92. The number of hydrogen-bond donors (Lipinski definition) is 2. The predicted octanol–water partition coefficient (Wildman–Crippen LogP) is 3.33. The highest BCUT2D eigenvalue weighted by molar-refractivity contribution is 6.31. The zero-order valence-electron chi connectivity index (χ0n) is 24.3. The third kappa shape index (κ3) is 8.31. The number of nitrogens with zero attached hydrogens (tertiary/aromatic N) is 3. The molecule has 3 amide bonds. The minimum atomic E-state index is -0.279. The Morgan fingerprint density at radius 2 is 1.83 bits per heavy atom. The lowest BCUT2D eigenvalue weighted by molar-refractivity contribution is -0.129. The molecule has 0 aromatic heterocycles. The average molecular weight is 592 g/mol. The number of nitrogens with two attached hydrogens (primary N) is 1. The van der Waals surface area contributed by atoms with E-state index in [4.69, 9.17) is 22.1 Å². The zero-order valence-corrected chi connectivity index (χ0v) is 25.1. The second-order valence-electron chi connectivity index (χ2n) is 10.7. The minimum Gasteiger partial charge on any atom is -0.378 e. The van der Waals surface area contributed by atoms with E-state index in [9.17, 15) is 14.4 Å². The van der Waals surface area contributed by atoms with Crippen molar-refractivity contribution in [3.8, 4) is 11.1 Å². The quantitative estimate of drug-likeness (QED) is 0.395. The fourth-order valence-corrected chi connectivity index (χ4v) is 5.18. The van der Waals surface area contributed by atoms with Crippen LogP contribution in [-0.4, -0.2) is 87.1 Å². The largest absolute Gasteiger partial charge is 0.378 e. The highest BCUT2D eigenvalue weighted by Gasteiger charge is 2.25. The second kappa shape index (κ2) is 14.3. The van der Waals surface area contributed by atoms with Crippen molar-refractivity contribution in [2.75, 3.05) is 58.4 Å². The van der Waals surface area contributed by atoms with Gasteiger partial charge in [0.25, 0.3) is 5.91 Å². The molecule has 0 aliphatic carbocycles. The van der Waals surface area contributed by atoms with Crippen LogP contribution in [0.4, 0.5) is 5.69 Å². The molecule has 3 aromatic carbocycles. The van der Waals surface area contributed by atoms with Crippen molar-refractivity contribution in [1.29, 1.82) is 0 Å². The maximum atomic E-state index is 13.5. The van der Waals surface area contributed by atoms with Gasteiger partial charge in [0, 0.05) is 61.6 Å². The summed E-state index contributed by atoms with van der Waals surface area (Å²) in [6, 6.07) is 20.6. The average Bonchev–Trinajstić information content (AvgIpc) is 3.19. The van der Waals surface area contributed by atoms with E-state index in [1.165, 1.54) is 4.90 Å². The van der Waals surface area contributed by atoms with Gasteiger partial charge in [0.2, 0.25) is 11.8 Å². The van der Waals surface area contributed by atoms with Crippen LogP contribution in [0, 0.1) is 6.92 Å². The van der Waals surface area contributed by atoms with Gasteiger partial charge in [-0.1, -0.05) is 59.6 Å². The van der Waals surface area contributed by atoms with Gasteiger partial charge in [0.15, 0.2) is 0 Å². The van der Waals surface area contributed by atoms with Crippen LogP contribution in [0.15, 0.2) is 66.7 Å². The number of amides is 3. The number of para-hydroxylation sites is 1. The highest BCUT2D eigenvalue weighted by Crippen LogP contribution is 2.31. The first-order chi connectivity index (χ1) is 20.1. The molecular weight excluding hydrogens is 554 g/mol. The number of rotatable bonds is 9. The first-order valence-electron chi connectivity index (χ1n) is 13.9. The fourth-order valence-electron chi connectivity index (χ4n) is 4.92. The van der Waals surface area contributed by atoms with E-state index < -0.39 is 0 Å². The van der Waals surface area contributed by atoms with Gasteiger partial charge >= 0.3 is 0 Å². The second-order valence-corrected chi connectivity index (χ2v) is 11.2. The number of nitrogens with one attached hydrogen (secondary N) is 1. The number of aryl methyl sites for hydroxylation is 1. The smallest absolute Gasteiger partial charge is 0.253 e. The van der Waals surface area contributed by atoms with E-state index in [1.54, 1.807) is 42.1 Å². The Kier molecular flexibility index (Phi) is 10.6. The maximum Gasteiger partial charge on any atom is 0.253 e. The molecule has 222 valence electrons. The van der Waals surface area contributed by atoms with Gasteiger partial charge in [0.05, 0.1) is 26.3 Å². The Labute approximate surface area is 252 Å². The lowest BCUT2D eigenvalue weighted by atomic mass is 10.0. The molecule has 10 heteroatoms. The number of ether oxygens (including phenoxy) is 1. The van der Waals surface area contributed by atoms with Gasteiger partial charge in [-0.15, -0.1) is 0 Å². The summed E-state index contributed by atoms with van der Waals surface area (Å²) in [7, 11) is 3.34. The molecule has 4 rings (SSSR count). The van der Waals surface area contributed by atoms with Gasteiger partial charge in [0.1, 0.15) is 0 Å². The molecular formula is C32H38ClN5O4. The number of carbonyl (C=O) groups is 3. The van der Waals surface area contributed by atoms with E-state index in [2.05, 4.69) is 11.4 Å². The minimum absolute atomic E-state index is 0.0123. The van der Waals surface area contributed by atoms with Crippen molar-refractivity contribution in [2.24, 2.45) is 5.73 Å². The number of carbonyl (C=O) groups excluding carboxylic acids is 3. The SMILES string of the molecule is Cc1cccc(-c2ccccc2N(CC(=O)NCc2cc(Cl)cc(C(=O)N(C)C)c2)CC(=O)N2CCOCC(N)C2)c1. The summed E-state index contributed by atoms with van der Waals surface area (Å²) in [5, 5.41) is 3.34. The monoisotopic (exact) mass is 591 g/mol. The first kappa shape index (κ1) is 31.0. The molecule has 1 unspecified atom stereocenters. The molecule has 9 nitrogen and oxygen atoms in total. The van der Waals surface area contributed by atoms with E-state index in [0.717, 1.165) is 22.4 Å². The first-order valence-corrected chi connectivity index (χ1v) is 14.3. The normalized spacial score (nSPS) is 15.1. The highest BCUT2D eigenvalue weighted by atomic mass is 35.5. The Bertz CT molecular complexity index is 1430.